The predicted molar refractivity (Wildman–Crippen MR) is 85.5 cm³/mol. The highest BCUT2D eigenvalue weighted by Gasteiger charge is 2.34. The number of hydrogen-bond donors (Lipinski definition) is 0. The van der Waals surface area contributed by atoms with Crippen LogP contribution in [0.5, 0.6) is 0 Å². The molecular formula is C14H25N5O3S. The molecule has 1 aromatic rings. The van der Waals surface area contributed by atoms with Crippen LogP contribution in [0.2, 0.25) is 0 Å². The number of hydrogen-bond acceptors (Lipinski definition) is 6. The van der Waals surface area contributed by atoms with E-state index in [2.05, 4.69) is 15.2 Å². The zero-order valence-corrected chi connectivity index (χ0v) is 14.6. The van der Waals surface area contributed by atoms with E-state index in [9.17, 15) is 8.42 Å². The van der Waals surface area contributed by atoms with Gasteiger partial charge in [0.05, 0.1) is 31.7 Å². The van der Waals surface area contributed by atoms with Crippen LogP contribution in [0.1, 0.15) is 30.1 Å². The fourth-order valence-corrected chi connectivity index (χ4v) is 4.20. The van der Waals surface area contributed by atoms with Crippen molar-refractivity contribution in [1.82, 2.24) is 24.2 Å². The monoisotopic (exact) mass is 343 g/mol. The maximum Gasteiger partial charge on any atom is 0.211 e. The Hall–Kier alpha value is -1.03. The highest BCUT2D eigenvalue weighted by atomic mass is 32.2. The van der Waals surface area contributed by atoms with E-state index in [1.807, 2.05) is 7.05 Å². The molecule has 1 aromatic heterocycles. The lowest BCUT2D eigenvalue weighted by atomic mass is 10.0. The van der Waals surface area contributed by atoms with Crippen LogP contribution in [0.25, 0.3) is 0 Å². The number of rotatable bonds is 6. The molecule has 0 amide bonds. The third-order valence-corrected chi connectivity index (χ3v) is 5.84. The van der Waals surface area contributed by atoms with E-state index in [1.165, 1.54) is 23.4 Å². The van der Waals surface area contributed by atoms with E-state index < -0.39 is 10.0 Å². The van der Waals surface area contributed by atoms with Gasteiger partial charge in [-0.1, -0.05) is 5.21 Å². The molecule has 8 nitrogen and oxygen atoms in total. The minimum Gasteiger partial charge on any atom is -0.379 e. The number of sulfonamides is 1. The van der Waals surface area contributed by atoms with Gasteiger partial charge >= 0.3 is 0 Å². The van der Waals surface area contributed by atoms with Crippen molar-refractivity contribution in [2.45, 2.75) is 25.3 Å². The summed E-state index contributed by atoms with van der Waals surface area (Å²) in [6.07, 6.45) is 3.78. The van der Waals surface area contributed by atoms with Gasteiger partial charge in [0.15, 0.2) is 0 Å². The van der Waals surface area contributed by atoms with E-state index in [-0.39, 0.29) is 5.92 Å². The van der Waals surface area contributed by atoms with Gasteiger partial charge in [-0.3, -0.25) is 4.68 Å². The van der Waals surface area contributed by atoms with Crippen LogP contribution < -0.4 is 0 Å². The van der Waals surface area contributed by atoms with E-state index in [4.69, 9.17) is 4.74 Å². The van der Waals surface area contributed by atoms with Gasteiger partial charge in [-0.15, -0.1) is 5.10 Å². The van der Waals surface area contributed by atoms with Gasteiger partial charge in [-0.2, -0.15) is 4.31 Å². The van der Waals surface area contributed by atoms with Gasteiger partial charge in [0.1, 0.15) is 5.69 Å². The summed E-state index contributed by atoms with van der Waals surface area (Å²) in [5.41, 5.74) is 1.73. The smallest absolute Gasteiger partial charge is 0.211 e. The average Bonchev–Trinajstić information content (AvgIpc) is 3.13. The molecular weight excluding hydrogens is 318 g/mol. The molecule has 130 valence electrons. The average molecular weight is 343 g/mol. The second-order valence-corrected chi connectivity index (χ2v) is 8.40. The Kier molecular flexibility index (Phi) is 5.00. The van der Waals surface area contributed by atoms with Gasteiger partial charge in [-0.25, -0.2) is 8.42 Å². The molecule has 3 heterocycles. The van der Waals surface area contributed by atoms with Gasteiger partial charge in [0, 0.05) is 26.1 Å². The van der Waals surface area contributed by atoms with Crippen LogP contribution in [-0.4, -0.2) is 78.3 Å². The van der Waals surface area contributed by atoms with Crippen molar-refractivity contribution in [2.75, 3.05) is 45.6 Å². The molecule has 2 aliphatic heterocycles. The summed E-state index contributed by atoms with van der Waals surface area (Å²) < 4.78 is 32.8. The van der Waals surface area contributed by atoms with Crippen LogP contribution >= 0.6 is 0 Å². The fraction of sp³-hybridized carbons (Fsp3) is 0.857. The topological polar surface area (TPSA) is 80.6 Å². The molecule has 3 rings (SSSR count). The minimum absolute atomic E-state index is 0.0212. The first-order valence-corrected chi connectivity index (χ1v) is 9.93. The Morgan fingerprint density at radius 2 is 2.04 bits per heavy atom. The van der Waals surface area contributed by atoms with Crippen molar-refractivity contribution < 1.29 is 13.2 Å². The summed E-state index contributed by atoms with van der Waals surface area (Å²) in [6.45, 7) is 5.15. The molecule has 0 bridgehead atoms. The van der Waals surface area contributed by atoms with Crippen molar-refractivity contribution in [1.29, 1.82) is 0 Å². The number of likely N-dealkylation sites (tertiary alicyclic amines) is 1. The molecule has 0 saturated carbocycles. The lowest BCUT2D eigenvalue weighted by Crippen LogP contribution is -2.39. The van der Waals surface area contributed by atoms with Crippen LogP contribution in [0, 0.1) is 0 Å². The summed E-state index contributed by atoms with van der Waals surface area (Å²) in [7, 11) is -1.40. The Labute approximate surface area is 137 Å². The van der Waals surface area contributed by atoms with Crippen molar-refractivity contribution >= 4 is 10.0 Å². The zero-order valence-electron chi connectivity index (χ0n) is 13.8. The molecule has 0 aliphatic carbocycles. The standard InChI is InChI=1S/C14H25N5O3S/c1-17-14-12(11-22-8-7-18-5-3-4-6-18)9-19(23(2,20)21)10-13(14)15-16-17/h12H,3-11H2,1-2H3/t12-/m0/s1. The third kappa shape index (κ3) is 3.90. The molecule has 0 unspecified atom stereocenters. The number of nitrogens with zero attached hydrogens (tertiary/aromatic N) is 5. The highest BCUT2D eigenvalue weighted by molar-refractivity contribution is 7.88. The first-order valence-electron chi connectivity index (χ1n) is 8.09. The van der Waals surface area contributed by atoms with Gasteiger partial charge in [0.25, 0.3) is 0 Å². The third-order valence-electron chi connectivity index (χ3n) is 4.62. The number of fused-ring (bicyclic) bond motifs is 1. The summed E-state index contributed by atoms with van der Waals surface area (Å²) >= 11 is 0. The van der Waals surface area contributed by atoms with Gasteiger partial charge in [-0.05, 0) is 25.9 Å². The second-order valence-electron chi connectivity index (χ2n) is 6.42. The molecule has 0 N–H and O–H groups in total. The predicted octanol–water partition coefficient (Wildman–Crippen LogP) is -0.214. The fourth-order valence-electron chi connectivity index (χ4n) is 3.39. The van der Waals surface area contributed by atoms with Gasteiger partial charge in [0.2, 0.25) is 10.0 Å². The summed E-state index contributed by atoms with van der Waals surface area (Å²) in [6, 6.07) is 0. The number of aromatic nitrogens is 3. The van der Waals surface area contributed by atoms with E-state index in [1.54, 1.807) is 4.68 Å². The maximum atomic E-state index is 11.9. The van der Waals surface area contributed by atoms with Crippen LogP contribution in [0.3, 0.4) is 0 Å². The molecule has 0 aromatic carbocycles. The summed E-state index contributed by atoms with van der Waals surface area (Å²) in [5, 5.41) is 8.14. The minimum atomic E-state index is -3.24. The Balaban J connectivity index is 1.61. The van der Waals surface area contributed by atoms with Crippen LogP contribution in [-0.2, 0) is 28.4 Å². The highest BCUT2D eigenvalue weighted by Crippen LogP contribution is 2.28. The first-order chi connectivity index (χ1) is 10.9. The maximum absolute atomic E-state index is 11.9. The molecule has 1 fully saturated rings. The van der Waals surface area contributed by atoms with Crippen LogP contribution in [0.15, 0.2) is 0 Å². The Morgan fingerprint density at radius 1 is 1.30 bits per heavy atom. The second kappa shape index (κ2) is 6.84. The summed E-state index contributed by atoms with van der Waals surface area (Å²) in [5.74, 6) is -0.0212. The number of ether oxygens (including phenoxy) is 1. The zero-order chi connectivity index (χ0) is 16.4. The van der Waals surface area contributed by atoms with E-state index in [0.29, 0.717) is 26.3 Å². The van der Waals surface area contributed by atoms with Crippen LogP contribution in [0.4, 0.5) is 0 Å². The Bertz CT molecular complexity index is 639. The Morgan fingerprint density at radius 3 is 2.74 bits per heavy atom. The number of aryl methyl sites for hydroxylation is 1. The van der Waals surface area contributed by atoms with Gasteiger partial charge < -0.3 is 9.64 Å². The SMILES string of the molecule is Cn1nnc2c1[C@H](COCCN1CCCC1)CN(S(C)(=O)=O)C2. The molecule has 1 atom stereocenters. The quantitative estimate of drug-likeness (QED) is 0.665. The van der Waals surface area contributed by atoms with E-state index in [0.717, 1.165) is 31.0 Å². The van der Waals surface area contributed by atoms with E-state index >= 15 is 0 Å². The van der Waals surface area contributed by atoms with Crippen molar-refractivity contribution in [3.63, 3.8) is 0 Å². The van der Waals surface area contributed by atoms with Crippen molar-refractivity contribution in [2.24, 2.45) is 7.05 Å². The molecule has 1 saturated heterocycles. The summed E-state index contributed by atoms with van der Waals surface area (Å²) in [4.78, 5) is 2.40. The lowest BCUT2D eigenvalue weighted by Gasteiger charge is -2.30. The molecule has 23 heavy (non-hydrogen) atoms. The molecule has 0 spiro atoms. The lowest BCUT2D eigenvalue weighted by molar-refractivity contribution is 0.0904. The largest absolute Gasteiger partial charge is 0.379 e. The first kappa shape index (κ1) is 16.8. The van der Waals surface area contributed by atoms with Crippen molar-refractivity contribution in [3.05, 3.63) is 11.4 Å². The molecule has 2 aliphatic rings. The molecule has 9 heteroatoms. The normalized spacial score (nSPS) is 23.3. The molecule has 0 radical (unpaired) electrons. The van der Waals surface area contributed by atoms with Crippen molar-refractivity contribution in [3.8, 4) is 0 Å².